The molecule has 0 fully saturated rings. The Labute approximate surface area is 88.4 Å². The third-order valence-corrected chi connectivity index (χ3v) is 1.85. The lowest BCUT2D eigenvalue weighted by atomic mass is 10.3. The summed E-state index contributed by atoms with van der Waals surface area (Å²) in [5.74, 6) is 0.677. The van der Waals surface area contributed by atoms with Crippen molar-refractivity contribution in [3.8, 4) is 5.75 Å². The zero-order chi connectivity index (χ0) is 11.1. The van der Waals surface area contributed by atoms with Gasteiger partial charge in [0.1, 0.15) is 5.75 Å². The van der Waals surface area contributed by atoms with Gasteiger partial charge in [-0.15, -0.1) is 0 Å². The van der Waals surface area contributed by atoms with E-state index in [-0.39, 0.29) is 11.8 Å². The number of aliphatic hydroxyl groups excluding tert-OH is 1. The maximum atomic E-state index is 11.1. The molecule has 0 heterocycles. The third-order valence-electron chi connectivity index (χ3n) is 1.85. The first-order valence-corrected chi connectivity index (χ1v) is 4.70. The van der Waals surface area contributed by atoms with Crippen LogP contribution in [0.2, 0.25) is 0 Å². The Balaban J connectivity index is 2.49. The molecule has 5 heteroatoms. The molecule has 0 radical (unpaired) electrons. The second-order valence-electron chi connectivity index (χ2n) is 2.94. The van der Waals surface area contributed by atoms with E-state index in [1.165, 1.54) is 7.11 Å². The van der Waals surface area contributed by atoms with Gasteiger partial charge >= 0.3 is 0 Å². The standard InChI is InChI=1S/C10H15NO4/c1-14-11(13)9-3-5-10(6-4-9)15-8-2-7-12/h3-6,11-12H,2,7-8H2,1H3. The van der Waals surface area contributed by atoms with Gasteiger partial charge in [-0.2, -0.15) is 5.23 Å². The predicted octanol–water partition coefficient (Wildman–Crippen LogP) is 0.0234. The van der Waals surface area contributed by atoms with E-state index in [0.717, 1.165) is 0 Å². The molecule has 0 aliphatic heterocycles. The van der Waals surface area contributed by atoms with E-state index >= 15 is 0 Å². The Morgan fingerprint density at radius 2 is 2.00 bits per heavy atom. The van der Waals surface area contributed by atoms with Crippen molar-refractivity contribution in [3.63, 3.8) is 0 Å². The minimum absolute atomic E-state index is 0.111. The van der Waals surface area contributed by atoms with Gasteiger partial charge in [0.15, 0.2) is 5.69 Å². The van der Waals surface area contributed by atoms with Crippen molar-refractivity contribution in [2.24, 2.45) is 0 Å². The molecule has 0 spiro atoms. The summed E-state index contributed by atoms with van der Waals surface area (Å²) in [7, 11) is 1.34. The van der Waals surface area contributed by atoms with Gasteiger partial charge < -0.3 is 15.1 Å². The van der Waals surface area contributed by atoms with Gasteiger partial charge in [0.05, 0.1) is 13.7 Å². The lowest BCUT2D eigenvalue weighted by Gasteiger charge is -2.16. The highest BCUT2D eigenvalue weighted by Gasteiger charge is 2.01. The van der Waals surface area contributed by atoms with E-state index in [1.54, 1.807) is 24.3 Å². The summed E-state index contributed by atoms with van der Waals surface area (Å²) in [5, 5.41) is 19.3. The Hall–Kier alpha value is -1.14. The van der Waals surface area contributed by atoms with Crippen molar-refractivity contribution in [1.29, 1.82) is 0 Å². The van der Waals surface area contributed by atoms with Crippen LogP contribution in [-0.2, 0) is 4.84 Å². The fourth-order valence-electron chi connectivity index (χ4n) is 1.06. The number of aliphatic hydroxyl groups is 1. The zero-order valence-corrected chi connectivity index (χ0v) is 8.60. The molecule has 1 rings (SSSR count). The Bertz CT molecular complexity index is 275. The molecule has 0 amide bonds. The van der Waals surface area contributed by atoms with Gasteiger partial charge in [-0.3, -0.25) is 0 Å². The van der Waals surface area contributed by atoms with Crippen LogP contribution < -0.4 is 9.96 Å². The highest BCUT2D eigenvalue weighted by atomic mass is 16.9. The number of nitrogens with one attached hydrogen (secondary N) is 1. The molecule has 2 N–H and O–H groups in total. The molecule has 0 aliphatic rings. The van der Waals surface area contributed by atoms with Crippen molar-refractivity contribution >= 4 is 5.69 Å². The van der Waals surface area contributed by atoms with E-state index < -0.39 is 0 Å². The quantitative estimate of drug-likeness (QED) is 0.516. The Kier molecular flexibility index (Phi) is 5.06. The summed E-state index contributed by atoms with van der Waals surface area (Å²) >= 11 is 0. The number of benzene rings is 1. The van der Waals surface area contributed by atoms with Crippen molar-refractivity contribution in [2.45, 2.75) is 6.42 Å². The smallest absolute Gasteiger partial charge is 0.164 e. The van der Waals surface area contributed by atoms with E-state index in [1.807, 2.05) is 0 Å². The molecular weight excluding hydrogens is 198 g/mol. The van der Waals surface area contributed by atoms with Gasteiger partial charge in [-0.05, 0) is 12.1 Å². The molecule has 0 aromatic heterocycles. The summed E-state index contributed by atoms with van der Waals surface area (Å²) in [4.78, 5) is 4.56. The van der Waals surface area contributed by atoms with Crippen LogP contribution >= 0.6 is 0 Å². The lowest BCUT2D eigenvalue weighted by Crippen LogP contribution is -3.00. The molecule has 5 nitrogen and oxygen atoms in total. The van der Waals surface area contributed by atoms with Crippen LogP contribution in [0.3, 0.4) is 0 Å². The number of quaternary nitrogens is 1. The topological polar surface area (TPSA) is 66.2 Å². The van der Waals surface area contributed by atoms with E-state index in [9.17, 15) is 5.21 Å². The van der Waals surface area contributed by atoms with Crippen LogP contribution in [-0.4, -0.2) is 25.4 Å². The first-order chi connectivity index (χ1) is 7.27. The highest BCUT2D eigenvalue weighted by Crippen LogP contribution is 2.13. The van der Waals surface area contributed by atoms with Crippen LogP contribution in [0.25, 0.3) is 0 Å². The molecular formula is C10H15NO4. The highest BCUT2D eigenvalue weighted by molar-refractivity contribution is 5.35. The van der Waals surface area contributed by atoms with Gasteiger partial charge in [0, 0.05) is 25.2 Å². The number of rotatable bonds is 6. The maximum Gasteiger partial charge on any atom is 0.164 e. The molecule has 15 heavy (non-hydrogen) atoms. The molecule has 0 aliphatic carbocycles. The molecule has 0 saturated carbocycles. The third kappa shape index (κ3) is 3.85. The predicted molar refractivity (Wildman–Crippen MR) is 54.6 cm³/mol. The van der Waals surface area contributed by atoms with Crippen LogP contribution in [0.15, 0.2) is 24.3 Å². The maximum absolute atomic E-state index is 11.1. The fraction of sp³-hybridized carbons (Fsp3) is 0.400. The van der Waals surface area contributed by atoms with Gasteiger partial charge in [0.25, 0.3) is 0 Å². The minimum atomic E-state index is -0.364. The average molecular weight is 213 g/mol. The monoisotopic (exact) mass is 213 g/mol. The van der Waals surface area contributed by atoms with Gasteiger partial charge in [0.2, 0.25) is 0 Å². The SMILES string of the molecule is CO[NH+]([O-])c1ccc(OCCCO)cc1. The molecule has 0 bridgehead atoms. The summed E-state index contributed by atoms with van der Waals surface area (Å²) in [5.41, 5.74) is 0.493. The number of ether oxygens (including phenoxy) is 1. The average Bonchev–Trinajstić information content (AvgIpc) is 2.29. The first-order valence-electron chi connectivity index (χ1n) is 4.70. The van der Waals surface area contributed by atoms with E-state index in [0.29, 0.717) is 24.5 Å². The second-order valence-corrected chi connectivity index (χ2v) is 2.94. The largest absolute Gasteiger partial charge is 0.595 e. The van der Waals surface area contributed by atoms with E-state index in [4.69, 9.17) is 9.84 Å². The molecule has 1 unspecified atom stereocenters. The first kappa shape index (κ1) is 11.9. The minimum Gasteiger partial charge on any atom is -0.595 e. The molecule has 1 aromatic carbocycles. The lowest BCUT2D eigenvalue weighted by molar-refractivity contribution is -0.992. The van der Waals surface area contributed by atoms with Gasteiger partial charge in [-0.1, -0.05) is 0 Å². The summed E-state index contributed by atoms with van der Waals surface area (Å²) in [6.07, 6.45) is 0.596. The van der Waals surface area contributed by atoms with Crippen LogP contribution in [0, 0.1) is 5.21 Å². The zero-order valence-electron chi connectivity index (χ0n) is 8.60. The normalized spacial score (nSPS) is 12.5. The van der Waals surface area contributed by atoms with Crippen molar-refractivity contribution in [3.05, 3.63) is 29.5 Å². The van der Waals surface area contributed by atoms with Crippen molar-refractivity contribution in [2.75, 3.05) is 20.3 Å². The van der Waals surface area contributed by atoms with Crippen LogP contribution in [0.1, 0.15) is 6.42 Å². The molecule has 84 valence electrons. The van der Waals surface area contributed by atoms with Crippen LogP contribution in [0.5, 0.6) is 5.75 Å². The summed E-state index contributed by atoms with van der Waals surface area (Å²) in [6, 6.07) is 6.67. The van der Waals surface area contributed by atoms with Crippen LogP contribution in [0.4, 0.5) is 5.69 Å². The Morgan fingerprint density at radius 1 is 1.33 bits per heavy atom. The number of hydrogen-bond donors (Lipinski definition) is 2. The van der Waals surface area contributed by atoms with E-state index in [2.05, 4.69) is 4.84 Å². The van der Waals surface area contributed by atoms with Crippen molar-refractivity contribution in [1.82, 2.24) is 0 Å². The summed E-state index contributed by atoms with van der Waals surface area (Å²) in [6.45, 7) is 0.578. The summed E-state index contributed by atoms with van der Waals surface area (Å²) < 4.78 is 5.30. The molecule has 1 aromatic rings. The Morgan fingerprint density at radius 3 is 2.53 bits per heavy atom. The molecule has 0 saturated heterocycles. The van der Waals surface area contributed by atoms with Gasteiger partial charge in [-0.25, -0.2) is 4.84 Å². The van der Waals surface area contributed by atoms with Crippen molar-refractivity contribution < 1.29 is 19.9 Å². The fourth-order valence-corrected chi connectivity index (χ4v) is 1.06. The second kappa shape index (κ2) is 6.36. The molecule has 1 atom stereocenters. The number of hydrogen-bond acceptors (Lipinski definition) is 4.